The molecule has 0 radical (unpaired) electrons. The first-order chi connectivity index (χ1) is 16.3. The minimum atomic E-state index is -0.0935. The van der Waals surface area contributed by atoms with Crippen molar-refractivity contribution in [1.82, 2.24) is 25.4 Å². The SMILES string of the molecule is C=CCN(C)C(=O)/C(NC)=C(/SCc1[nH]nc2c(C)cccc12)c1cccnc1.CC(C)CN. The van der Waals surface area contributed by atoms with Crippen molar-refractivity contribution in [1.29, 1.82) is 0 Å². The quantitative estimate of drug-likeness (QED) is 0.311. The van der Waals surface area contributed by atoms with E-state index < -0.39 is 0 Å². The van der Waals surface area contributed by atoms with Gasteiger partial charge in [-0.3, -0.25) is 14.9 Å². The van der Waals surface area contributed by atoms with Gasteiger partial charge in [0.05, 0.1) is 11.2 Å². The van der Waals surface area contributed by atoms with Crippen LogP contribution < -0.4 is 11.1 Å². The summed E-state index contributed by atoms with van der Waals surface area (Å²) in [6.07, 6.45) is 5.21. The van der Waals surface area contributed by atoms with Crippen molar-refractivity contribution in [2.24, 2.45) is 11.7 Å². The summed E-state index contributed by atoms with van der Waals surface area (Å²) in [5, 5.41) is 11.8. The third kappa shape index (κ3) is 7.20. The highest BCUT2D eigenvalue weighted by Crippen LogP contribution is 2.34. The molecular weight excluding hydrogens is 444 g/mol. The molecule has 1 aromatic carbocycles. The Hall–Kier alpha value is -3.10. The summed E-state index contributed by atoms with van der Waals surface area (Å²) in [4.78, 5) is 19.7. The van der Waals surface area contributed by atoms with E-state index in [9.17, 15) is 4.79 Å². The number of likely N-dealkylation sites (N-methyl/N-ethyl adjacent to an activating group) is 2. The number of aromatic nitrogens is 3. The van der Waals surface area contributed by atoms with Crippen molar-refractivity contribution < 1.29 is 4.79 Å². The number of para-hydroxylation sites is 1. The highest BCUT2D eigenvalue weighted by Gasteiger charge is 2.20. The Morgan fingerprint density at radius 2 is 2.06 bits per heavy atom. The molecule has 0 saturated heterocycles. The number of nitrogens with one attached hydrogen (secondary N) is 2. The molecule has 7 nitrogen and oxygen atoms in total. The Balaban J connectivity index is 0.000000739. The molecule has 2 heterocycles. The van der Waals surface area contributed by atoms with E-state index in [1.165, 1.54) is 0 Å². The molecule has 3 aromatic rings. The second-order valence-electron chi connectivity index (χ2n) is 8.26. The van der Waals surface area contributed by atoms with Crippen molar-refractivity contribution in [2.75, 3.05) is 27.2 Å². The number of thioether (sulfide) groups is 1. The van der Waals surface area contributed by atoms with Crippen molar-refractivity contribution in [3.8, 4) is 0 Å². The van der Waals surface area contributed by atoms with Gasteiger partial charge in [0.1, 0.15) is 5.70 Å². The standard InChI is InChI=1S/C22H25N5OS.C4H11N/c1-5-12-27(4)22(28)20(23-3)21(16-9-7-11-24-13-16)29-14-18-17-10-6-8-15(2)19(17)26-25-18;1-4(2)3-5/h5-11,13,23H,1,12,14H2,2-4H3,(H,25,26);4H,3,5H2,1-2H3/b21-20-;. The summed E-state index contributed by atoms with van der Waals surface area (Å²) >= 11 is 1.58. The molecule has 0 aliphatic heterocycles. The number of amides is 1. The van der Waals surface area contributed by atoms with Crippen molar-refractivity contribution in [3.63, 3.8) is 0 Å². The number of carbonyl (C=O) groups excluding carboxylic acids is 1. The van der Waals surface area contributed by atoms with E-state index >= 15 is 0 Å². The van der Waals surface area contributed by atoms with E-state index in [2.05, 4.69) is 47.0 Å². The summed E-state index contributed by atoms with van der Waals surface area (Å²) in [6, 6.07) is 9.98. The Morgan fingerprint density at radius 3 is 2.65 bits per heavy atom. The summed E-state index contributed by atoms with van der Waals surface area (Å²) in [5.74, 6) is 1.22. The molecule has 0 atom stereocenters. The number of carbonyl (C=O) groups is 1. The fraction of sp³-hybridized carbons (Fsp3) is 0.346. The normalized spacial score (nSPS) is 11.5. The predicted molar refractivity (Wildman–Crippen MR) is 144 cm³/mol. The lowest BCUT2D eigenvalue weighted by molar-refractivity contribution is -0.125. The molecule has 0 fully saturated rings. The zero-order valence-corrected chi connectivity index (χ0v) is 21.6. The van der Waals surface area contributed by atoms with E-state index in [1.54, 1.807) is 49.2 Å². The molecule has 0 unspecified atom stereocenters. The van der Waals surface area contributed by atoms with Crippen LogP contribution in [0.15, 0.2) is 61.1 Å². The molecule has 182 valence electrons. The fourth-order valence-corrected chi connectivity index (χ4v) is 4.20. The molecule has 0 saturated carbocycles. The lowest BCUT2D eigenvalue weighted by Crippen LogP contribution is -2.33. The number of H-pyrrole nitrogens is 1. The van der Waals surface area contributed by atoms with Gasteiger partial charge in [0, 0.05) is 54.6 Å². The van der Waals surface area contributed by atoms with Gasteiger partial charge in [-0.25, -0.2) is 0 Å². The van der Waals surface area contributed by atoms with Gasteiger partial charge in [-0.15, -0.1) is 18.3 Å². The van der Waals surface area contributed by atoms with Crippen molar-refractivity contribution >= 4 is 33.5 Å². The van der Waals surface area contributed by atoms with Crippen LogP contribution in [0.25, 0.3) is 15.8 Å². The number of hydrogen-bond acceptors (Lipinski definition) is 6. The van der Waals surface area contributed by atoms with Gasteiger partial charge in [0.25, 0.3) is 5.91 Å². The topological polar surface area (TPSA) is 99.9 Å². The number of pyridine rings is 1. The van der Waals surface area contributed by atoms with Gasteiger partial charge in [-0.2, -0.15) is 5.10 Å². The molecule has 0 spiro atoms. The van der Waals surface area contributed by atoms with Crippen LogP contribution in [-0.2, 0) is 10.5 Å². The van der Waals surface area contributed by atoms with Crippen LogP contribution >= 0.6 is 11.8 Å². The molecule has 1 amide bonds. The average molecular weight is 481 g/mol. The van der Waals surface area contributed by atoms with Crippen molar-refractivity contribution in [3.05, 3.63) is 77.9 Å². The van der Waals surface area contributed by atoms with Gasteiger partial charge in [0.2, 0.25) is 0 Å². The van der Waals surface area contributed by atoms with E-state index in [0.717, 1.165) is 39.2 Å². The number of aromatic amines is 1. The third-order valence-electron chi connectivity index (χ3n) is 5.06. The largest absolute Gasteiger partial charge is 0.383 e. The first-order valence-corrected chi connectivity index (χ1v) is 12.3. The molecule has 2 aromatic heterocycles. The second kappa shape index (κ2) is 13.6. The summed E-state index contributed by atoms with van der Waals surface area (Å²) in [6.45, 7) is 11.2. The minimum absolute atomic E-state index is 0.0935. The van der Waals surface area contributed by atoms with Crippen LogP contribution in [0, 0.1) is 12.8 Å². The molecule has 34 heavy (non-hydrogen) atoms. The number of aryl methyl sites for hydroxylation is 1. The van der Waals surface area contributed by atoms with Crippen molar-refractivity contribution in [2.45, 2.75) is 26.5 Å². The third-order valence-corrected chi connectivity index (χ3v) is 6.22. The Bertz CT molecular complexity index is 1110. The lowest BCUT2D eigenvalue weighted by Gasteiger charge is -2.20. The Morgan fingerprint density at radius 1 is 1.32 bits per heavy atom. The van der Waals surface area contributed by atoms with Gasteiger partial charge < -0.3 is 16.0 Å². The maximum Gasteiger partial charge on any atom is 0.271 e. The van der Waals surface area contributed by atoms with Gasteiger partial charge in [-0.05, 0) is 31.0 Å². The van der Waals surface area contributed by atoms with Gasteiger partial charge in [-0.1, -0.05) is 44.2 Å². The molecule has 4 N–H and O–H groups in total. The number of rotatable bonds is 9. The molecule has 0 aliphatic carbocycles. The molecule has 8 heteroatoms. The first-order valence-electron chi connectivity index (χ1n) is 11.3. The zero-order valence-electron chi connectivity index (χ0n) is 20.8. The Labute approximate surface area is 206 Å². The van der Waals surface area contributed by atoms with Crippen LogP contribution in [0.5, 0.6) is 0 Å². The van der Waals surface area contributed by atoms with E-state index in [0.29, 0.717) is 23.9 Å². The van der Waals surface area contributed by atoms with Gasteiger partial charge in [0.15, 0.2) is 0 Å². The van der Waals surface area contributed by atoms with E-state index in [-0.39, 0.29) is 5.91 Å². The number of fused-ring (bicyclic) bond motifs is 1. The molecule has 3 rings (SSSR count). The Kier molecular flexibility index (Phi) is 10.8. The van der Waals surface area contributed by atoms with E-state index in [4.69, 9.17) is 5.73 Å². The molecule has 0 aliphatic rings. The van der Waals surface area contributed by atoms with Crippen LogP contribution in [0.3, 0.4) is 0 Å². The first kappa shape index (κ1) is 27.1. The lowest BCUT2D eigenvalue weighted by atomic mass is 10.1. The van der Waals surface area contributed by atoms with Crippen LogP contribution in [0.2, 0.25) is 0 Å². The highest BCUT2D eigenvalue weighted by molar-refractivity contribution is 8.07. The van der Waals surface area contributed by atoms with Crippen LogP contribution in [0.1, 0.15) is 30.7 Å². The minimum Gasteiger partial charge on any atom is -0.383 e. The predicted octanol–water partition coefficient (Wildman–Crippen LogP) is 4.33. The zero-order chi connectivity index (χ0) is 25.1. The fourth-order valence-electron chi connectivity index (χ4n) is 3.07. The van der Waals surface area contributed by atoms with Gasteiger partial charge >= 0.3 is 0 Å². The number of nitrogens with two attached hydrogens (primary N) is 1. The average Bonchev–Trinajstić information content (AvgIpc) is 3.26. The molecule has 0 bridgehead atoms. The maximum atomic E-state index is 13.0. The summed E-state index contributed by atoms with van der Waals surface area (Å²) in [7, 11) is 3.53. The number of benzene rings is 1. The maximum absolute atomic E-state index is 13.0. The van der Waals surface area contributed by atoms with E-state index in [1.807, 2.05) is 31.2 Å². The summed E-state index contributed by atoms with van der Waals surface area (Å²) in [5.41, 5.74) is 9.73. The molecular formula is C26H36N6OS. The highest BCUT2D eigenvalue weighted by atomic mass is 32.2. The summed E-state index contributed by atoms with van der Waals surface area (Å²) < 4.78 is 0. The van der Waals surface area contributed by atoms with Crippen LogP contribution in [-0.4, -0.2) is 53.2 Å². The number of nitrogens with zero attached hydrogens (tertiary/aromatic N) is 3. The second-order valence-corrected chi connectivity index (χ2v) is 9.25. The monoisotopic (exact) mass is 480 g/mol. The smallest absolute Gasteiger partial charge is 0.271 e. The van der Waals surface area contributed by atoms with Crippen LogP contribution in [0.4, 0.5) is 0 Å². The number of hydrogen-bond donors (Lipinski definition) is 3.